The van der Waals surface area contributed by atoms with E-state index in [-0.39, 0.29) is 5.82 Å². The van der Waals surface area contributed by atoms with Gasteiger partial charge in [0.25, 0.3) is 0 Å². The van der Waals surface area contributed by atoms with Gasteiger partial charge in [-0.2, -0.15) is 0 Å². The Bertz CT molecular complexity index is 534. The van der Waals surface area contributed by atoms with Crippen LogP contribution in [0.3, 0.4) is 0 Å². The van der Waals surface area contributed by atoms with Crippen LogP contribution in [0.4, 0.5) is 5.82 Å². The Morgan fingerprint density at radius 2 is 1.78 bits per heavy atom. The maximum Gasteiger partial charge on any atom is 0.129 e. The van der Waals surface area contributed by atoms with Crippen LogP contribution in [0.2, 0.25) is 5.02 Å². The Morgan fingerprint density at radius 1 is 1.11 bits per heavy atom. The summed E-state index contributed by atoms with van der Waals surface area (Å²) in [4.78, 5) is 3.85. The molecule has 4 N–H and O–H groups in total. The highest BCUT2D eigenvalue weighted by Gasteiger charge is 2.22. The molecular weight excluding hydrogens is 252 g/mol. The largest absolute Gasteiger partial charge is 0.385 e. The molecule has 0 radical (unpaired) electrons. The van der Waals surface area contributed by atoms with Gasteiger partial charge in [-0.3, -0.25) is 0 Å². The van der Waals surface area contributed by atoms with Crippen molar-refractivity contribution in [3.8, 4) is 0 Å². The maximum absolute atomic E-state index is 10.1. The van der Waals surface area contributed by atoms with Gasteiger partial charge in [-0.15, -0.1) is 0 Å². The van der Waals surface area contributed by atoms with E-state index >= 15 is 0 Å². The van der Waals surface area contributed by atoms with Gasteiger partial charge in [0, 0.05) is 11.8 Å². The molecule has 1 aromatic heterocycles. The van der Waals surface area contributed by atoms with Crippen molar-refractivity contribution in [1.29, 1.82) is 0 Å². The van der Waals surface area contributed by atoms with Crippen molar-refractivity contribution in [2.24, 2.45) is 0 Å². The molecule has 0 aliphatic rings. The number of benzene rings is 1. The lowest BCUT2D eigenvalue weighted by Gasteiger charge is -2.19. The van der Waals surface area contributed by atoms with Crippen LogP contribution >= 0.6 is 11.6 Å². The second kappa shape index (κ2) is 5.35. The normalized spacial score (nSPS) is 14.2. The lowest BCUT2D eigenvalue weighted by Crippen LogP contribution is -2.13. The Hall–Kier alpha value is -1.62. The molecule has 2 unspecified atom stereocenters. The van der Waals surface area contributed by atoms with Gasteiger partial charge in [-0.25, -0.2) is 4.98 Å². The Kier molecular flexibility index (Phi) is 3.81. The van der Waals surface area contributed by atoms with Crippen molar-refractivity contribution in [2.75, 3.05) is 5.73 Å². The minimum Gasteiger partial charge on any atom is -0.385 e. The van der Waals surface area contributed by atoms with Crippen molar-refractivity contribution >= 4 is 17.4 Å². The molecule has 2 atom stereocenters. The predicted molar refractivity (Wildman–Crippen MR) is 70.0 cm³/mol. The maximum atomic E-state index is 10.1. The molecule has 0 bridgehead atoms. The molecule has 4 nitrogen and oxygen atoms in total. The van der Waals surface area contributed by atoms with Crippen LogP contribution in [0.15, 0.2) is 42.6 Å². The monoisotopic (exact) mass is 264 g/mol. The van der Waals surface area contributed by atoms with Crippen molar-refractivity contribution in [2.45, 2.75) is 12.2 Å². The quantitative estimate of drug-likeness (QED) is 0.793. The first kappa shape index (κ1) is 12.8. The number of nitrogen functional groups attached to an aromatic ring is 1. The molecule has 0 saturated heterocycles. The van der Waals surface area contributed by atoms with Gasteiger partial charge >= 0.3 is 0 Å². The zero-order chi connectivity index (χ0) is 13.1. The second-order valence-corrected chi connectivity index (χ2v) is 4.36. The highest BCUT2D eigenvalue weighted by atomic mass is 35.5. The van der Waals surface area contributed by atoms with Crippen LogP contribution in [0, 0.1) is 0 Å². The lowest BCUT2D eigenvalue weighted by molar-refractivity contribution is 0.0175. The topological polar surface area (TPSA) is 79.4 Å². The zero-order valence-electron chi connectivity index (χ0n) is 9.49. The van der Waals surface area contributed by atoms with Gasteiger partial charge in [0.2, 0.25) is 0 Å². The summed E-state index contributed by atoms with van der Waals surface area (Å²) in [6.45, 7) is 0. The second-order valence-electron chi connectivity index (χ2n) is 3.93. The van der Waals surface area contributed by atoms with Crippen LogP contribution in [0.25, 0.3) is 0 Å². The molecule has 18 heavy (non-hydrogen) atoms. The molecule has 0 saturated carbocycles. The SMILES string of the molecule is Nc1ncc(Cl)cc1C(O)C(O)c1ccccc1. The first-order valence-electron chi connectivity index (χ1n) is 5.41. The van der Waals surface area contributed by atoms with Crippen LogP contribution in [-0.4, -0.2) is 15.2 Å². The average Bonchev–Trinajstić information content (AvgIpc) is 2.41. The van der Waals surface area contributed by atoms with Crippen molar-refractivity contribution < 1.29 is 10.2 Å². The summed E-state index contributed by atoms with van der Waals surface area (Å²) in [5.74, 6) is 0.155. The third-order valence-corrected chi connectivity index (χ3v) is 2.88. The van der Waals surface area contributed by atoms with E-state index in [4.69, 9.17) is 17.3 Å². The number of nitrogens with two attached hydrogens (primary N) is 1. The number of pyridine rings is 1. The van der Waals surface area contributed by atoms with Crippen LogP contribution in [-0.2, 0) is 0 Å². The molecule has 0 amide bonds. The molecule has 94 valence electrons. The molecule has 0 fully saturated rings. The number of aliphatic hydroxyl groups excluding tert-OH is 2. The van der Waals surface area contributed by atoms with Gasteiger partial charge in [0.05, 0.1) is 5.02 Å². The number of hydrogen-bond acceptors (Lipinski definition) is 4. The summed E-state index contributed by atoms with van der Waals surface area (Å²) < 4.78 is 0. The number of hydrogen-bond donors (Lipinski definition) is 3. The fourth-order valence-corrected chi connectivity index (χ4v) is 1.87. The zero-order valence-corrected chi connectivity index (χ0v) is 10.2. The van der Waals surface area contributed by atoms with Crippen LogP contribution in [0.5, 0.6) is 0 Å². The van der Waals surface area contributed by atoms with E-state index in [0.717, 1.165) is 0 Å². The van der Waals surface area contributed by atoms with Gasteiger partial charge in [0.15, 0.2) is 0 Å². The predicted octanol–water partition coefficient (Wildman–Crippen LogP) is 2.08. The highest BCUT2D eigenvalue weighted by molar-refractivity contribution is 6.30. The molecule has 2 rings (SSSR count). The number of nitrogens with zero attached hydrogens (tertiary/aromatic N) is 1. The molecule has 0 spiro atoms. The van der Waals surface area contributed by atoms with Gasteiger partial charge in [0.1, 0.15) is 18.0 Å². The smallest absolute Gasteiger partial charge is 0.129 e. The van der Waals surface area contributed by atoms with E-state index in [1.54, 1.807) is 24.3 Å². The summed E-state index contributed by atoms with van der Waals surface area (Å²) >= 11 is 5.80. The van der Waals surface area contributed by atoms with Crippen LogP contribution < -0.4 is 5.73 Å². The van der Waals surface area contributed by atoms with E-state index < -0.39 is 12.2 Å². The van der Waals surface area contributed by atoms with Gasteiger partial charge < -0.3 is 15.9 Å². The van der Waals surface area contributed by atoms with E-state index in [0.29, 0.717) is 16.1 Å². The first-order chi connectivity index (χ1) is 8.59. The van der Waals surface area contributed by atoms with Crippen LogP contribution in [0.1, 0.15) is 23.3 Å². The summed E-state index contributed by atoms with van der Waals surface area (Å²) in [6.07, 6.45) is -0.852. The van der Waals surface area contributed by atoms with Crippen molar-refractivity contribution in [3.63, 3.8) is 0 Å². The molecule has 1 heterocycles. The first-order valence-corrected chi connectivity index (χ1v) is 5.79. The Morgan fingerprint density at radius 3 is 2.44 bits per heavy atom. The van der Waals surface area contributed by atoms with Gasteiger partial charge in [-0.1, -0.05) is 41.9 Å². The number of aliphatic hydroxyl groups is 2. The van der Waals surface area contributed by atoms with Crippen molar-refractivity contribution in [1.82, 2.24) is 4.98 Å². The average molecular weight is 265 g/mol. The Labute approximate surface area is 110 Å². The van der Waals surface area contributed by atoms with E-state index in [9.17, 15) is 10.2 Å². The third kappa shape index (κ3) is 2.61. The number of anilines is 1. The number of rotatable bonds is 3. The third-order valence-electron chi connectivity index (χ3n) is 2.67. The number of halogens is 1. The fraction of sp³-hybridized carbons (Fsp3) is 0.154. The summed E-state index contributed by atoms with van der Waals surface area (Å²) in [5.41, 5.74) is 6.59. The standard InChI is InChI=1S/C13H13ClN2O2/c14-9-6-10(13(15)16-7-9)12(18)11(17)8-4-2-1-3-5-8/h1-7,11-12,17-18H,(H2,15,16). The van der Waals surface area contributed by atoms with Gasteiger partial charge in [-0.05, 0) is 11.6 Å². The minimum absolute atomic E-state index is 0.155. The number of aromatic nitrogens is 1. The summed E-state index contributed by atoms with van der Waals surface area (Å²) in [5, 5.41) is 20.6. The Balaban J connectivity index is 2.31. The summed E-state index contributed by atoms with van der Waals surface area (Å²) in [7, 11) is 0. The minimum atomic E-state index is -1.17. The lowest BCUT2D eigenvalue weighted by atomic mass is 9.99. The fourth-order valence-electron chi connectivity index (χ4n) is 1.70. The molecular formula is C13H13ClN2O2. The van der Waals surface area contributed by atoms with E-state index in [2.05, 4.69) is 4.98 Å². The van der Waals surface area contributed by atoms with E-state index in [1.165, 1.54) is 12.3 Å². The molecule has 2 aromatic rings. The molecule has 0 aliphatic carbocycles. The molecule has 0 aliphatic heterocycles. The molecule has 1 aromatic carbocycles. The van der Waals surface area contributed by atoms with E-state index in [1.807, 2.05) is 6.07 Å². The molecule has 5 heteroatoms. The highest BCUT2D eigenvalue weighted by Crippen LogP contribution is 2.32. The summed E-state index contributed by atoms with van der Waals surface area (Å²) in [6, 6.07) is 10.3. The van der Waals surface area contributed by atoms with Crippen molar-refractivity contribution in [3.05, 3.63) is 58.7 Å².